The molecule has 89 heavy (non-hydrogen) atoms. The van der Waals surface area contributed by atoms with Crippen molar-refractivity contribution >= 4 is 56.1 Å². The van der Waals surface area contributed by atoms with Crippen LogP contribution < -0.4 is 31.1 Å². The van der Waals surface area contributed by atoms with E-state index in [1.807, 2.05) is 0 Å². The molecule has 0 aromatic heterocycles. The molecule has 0 unspecified atom stereocenters. The Morgan fingerprint density at radius 2 is 0.629 bits per heavy atom. The van der Waals surface area contributed by atoms with Gasteiger partial charge in [-0.05, 0) is 155 Å². The standard InChI is InChI=1S/C49H70O2Si2.C33H52O2Si/c1-38(2)45(51-53(47(7,8)9,43-29-21-15-22-30-43)44-31-23-16-24-32-44)34-33-39(3)49(12)36-35-40(48(49,10)11)37-50-52(46(4,5)6,41-25-17-13-18-26-41)42-27-19-14-20-28-42;1-25(2)30(21-20-26(3)33(9)23-22-27(24-34)32(33,7)8)35-36(31(4,5)6,28-16-12-10-13-17-28)29-18-14-11-15-19-29/h13-32,38-40,45H,33-37H2,1-12H3;10-19,25-27,30,34H,20-24H2,1-9H3/t39-,40-,45-,49+;26-,27-,30-,33+/m00/s1. The molecule has 6 aromatic carbocycles. The zero-order valence-electron chi connectivity index (χ0n) is 59.7. The summed E-state index contributed by atoms with van der Waals surface area (Å²) in [7, 11) is -7.83. The molecule has 1 N–H and O–H groups in total. The van der Waals surface area contributed by atoms with Crippen LogP contribution in [0, 0.1) is 57.2 Å². The first-order chi connectivity index (χ1) is 41.7. The average molecular weight is 1260 g/mol. The van der Waals surface area contributed by atoms with E-state index < -0.39 is 25.0 Å². The van der Waals surface area contributed by atoms with Gasteiger partial charge in [-0.1, -0.05) is 327 Å². The minimum absolute atomic E-state index is 0.0117. The smallest absolute Gasteiger partial charge is 0.261 e. The molecular formula is C82H122O4Si3. The van der Waals surface area contributed by atoms with Gasteiger partial charge in [0, 0.05) is 25.4 Å². The van der Waals surface area contributed by atoms with Crippen LogP contribution in [-0.4, -0.2) is 55.5 Å². The molecule has 0 saturated heterocycles. The van der Waals surface area contributed by atoms with Gasteiger partial charge in [0.1, 0.15) is 0 Å². The van der Waals surface area contributed by atoms with Gasteiger partial charge in [0.15, 0.2) is 0 Å². The van der Waals surface area contributed by atoms with Crippen LogP contribution in [-0.2, 0) is 13.3 Å². The van der Waals surface area contributed by atoms with E-state index in [4.69, 9.17) is 13.3 Å². The van der Waals surface area contributed by atoms with Crippen molar-refractivity contribution < 1.29 is 18.4 Å². The molecule has 486 valence electrons. The van der Waals surface area contributed by atoms with Crippen molar-refractivity contribution in [1.82, 2.24) is 0 Å². The first-order valence-electron chi connectivity index (χ1n) is 34.7. The van der Waals surface area contributed by atoms with Crippen molar-refractivity contribution in [2.45, 2.75) is 224 Å². The van der Waals surface area contributed by atoms with E-state index in [-0.39, 0.29) is 49.0 Å². The molecule has 2 saturated carbocycles. The predicted octanol–water partition coefficient (Wildman–Crippen LogP) is 18.5. The number of aliphatic hydroxyl groups is 1. The Hall–Kier alpha value is -4.19. The Balaban J connectivity index is 0.000000273. The van der Waals surface area contributed by atoms with E-state index in [1.165, 1.54) is 50.4 Å². The van der Waals surface area contributed by atoms with Crippen molar-refractivity contribution in [3.63, 3.8) is 0 Å². The highest BCUT2D eigenvalue weighted by Crippen LogP contribution is 2.62. The summed E-state index contributed by atoms with van der Waals surface area (Å²) >= 11 is 0. The van der Waals surface area contributed by atoms with Gasteiger partial charge in [-0.15, -0.1) is 0 Å². The van der Waals surface area contributed by atoms with Gasteiger partial charge in [-0.3, -0.25) is 0 Å². The molecule has 0 bridgehead atoms. The summed E-state index contributed by atoms with van der Waals surface area (Å²) < 4.78 is 22.9. The second kappa shape index (κ2) is 29.0. The van der Waals surface area contributed by atoms with Crippen LogP contribution in [0.15, 0.2) is 182 Å². The largest absolute Gasteiger partial charge is 0.407 e. The van der Waals surface area contributed by atoms with Crippen LogP contribution in [0.1, 0.15) is 197 Å². The van der Waals surface area contributed by atoms with Crippen LogP contribution in [0.4, 0.5) is 0 Å². The zero-order chi connectivity index (χ0) is 65.5. The maximum atomic E-state index is 10.0. The Labute approximate surface area is 547 Å². The number of hydrogen-bond acceptors (Lipinski definition) is 4. The number of aliphatic hydroxyl groups excluding tert-OH is 1. The predicted molar refractivity (Wildman–Crippen MR) is 391 cm³/mol. The Morgan fingerprint density at radius 3 is 0.865 bits per heavy atom. The topological polar surface area (TPSA) is 47.9 Å². The Bertz CT molecular complexity index is 2940. The molecule has 6 aromatic rings. The molecule has 2 fully saturated rings. The van der Waals surface area contributed by atoms with Crippen molar-refractivity contribution in [3.8, 4) is 0 Å². The second-order valence-corrected chi connectivity index (χ2v) is 45.8. The van der Waals surface area contributed by atoms with Crippen molar-refractivity contribution in [2.75, 3.05) is 13.2 Å². The fourth-order valence-electron chi connectivity index (χ4n) is 17.0. The molecule has 0 spiro atoms. The lowest BCUT2D eigenvalue weighted by molar-refractivity contribution is 0.00513. The molecule has 0 aliphatic heterocycles. The van der Waals surface area contributed by atoms with Crippen molar-refractivity contribution in [3.05, 3.63) is 182 Å². The van der Waals surface area contributed by atoms with E-state index in [2.05, 4.69) is 327 Å². The molecule has 8 atom stereocenters. The van der Waals surface area contributed by atoms with Gasteiger partial charge in [0.05, 0.1) is 0 Å². The molecule has 8 rings (SSSR count). The van der Waals surface area contributed by atoms with E-state index in [9.17, 15) is 5.11 Å². The average Bonchev–Trinajstić information content (AvgIpc) is 1.02. The monoisotopic (exact) mass is 1250 g/mol. The second-order valence-electron chi connectivity index (χ2n) is 33.0. The highest BCUT2D eigenvalue weighted by molar-refractivity contribution is 7.00. The molecule has 0 heterocycles. The third-order valence-electron chi connectivity index (χ3n) is 24.1. The van der Waals surface area contributed by atoms with Gasteiger partial charge < -0.3 is 18.4 Å². The lowest BCUT2D eigenvalue weighted by atomic mass is 9.59. The van der Waals surface area contributed by atoms with Crippen LogP contribution in [0.5, 0.6) is 0 Å². The highest BCUT2D eigenvalue weighted by atomic mass is 28.4. The number of hydrogen-bond donors (Lipinski definition) is 1. The molecule has 2 aliphatic rings. The first kappa shape index (κ1) is 72.2. The summed E-state index contributed by atoms with van der Waals surface area (Å²) in [5.74, 6) is 2.88. The van der Waals surface area contributed by atoms with Crippen LogP contribution in [0.2, 0.25) is 15.1 Å². The lowest BCUT2D eigenvalue weighted by Gasteiger charge is -2.49. The summed E-state index contributed by atoms with van der Waals surface area (Å²) in [5, 5.41) is 18.1. The highest BCUT2D eigenvalue weighted by Gasteiger charge is 2.58. The molecule has 2 aliphatic carbocycles. The van der Waals surface area contributed by atoms with Gasteiger partial charge in [-0.25, -0.2) is 0 Å². The van der Waals surface area contributed by atoms with Gasteiger partial charge >= 0.3 is 0 Å². The van der Waals surface area contributed by atoms with Crippen LogP contribution in [0.25, 0.3) is 0 Å². The summed E-state index contributed by atoms with van der Waals surface area (Å²) in [4.78, 5) is 0. The summed E-state index contributed by atoms with van der Waals surface area (Å²) in [5.41, 5.74) is 0.710. The van der Waals surface area contributed by atoms with E-state index in [0.29, 0.717) is 42.1 Å². The summed E-state index contributed by atoms with van der Waals surface area (Å²) in [6.45, 7) is 51.9. The van der Waals surface area contributed by atoms with Gasteiger partial charge in [0.2, 0.25) is 0 Å². The maximum Gasteiger partial charge on any atom is 0.261 e. The van der Waals surface area contributed by atoms with Gasteiger partial charge in [-0.2, -0.15) is 0 Å². The minimum atomic E-state index is -2.65. The van der Waals surface area contributed by atoms with Gasteiger partial charge in [0.25, 0.3) is 25.0 Å². The Kier molecular flexibility index (Phi) is 23.5. The number of benzene rings is 6. The summed E-state index contributed by atoms with van der Waals surface area (Å²) in [6.07, 6.45) is 9.59. The van der Waals surface area contributed by atoms with Crippen LogP contribution in [0.3, 0.4) is 0 Å². The normalized spacial score (nSPS) is 22.1. The molecule has 4 nitrogen and oxygen atoms in total. The molecule has 7 heteroatoms. The summed E-state index contributed by atoms with van der Waals surface area (Å²) in [6, 6.07) is 66.7. The quantitative estimate of drug-likeness (QED) is 0.0614. The SMILES string of the molecule is CC(C)[C@H](CC[C@H](C)[C@@]1(C)CC[C@@H](CO)C1(C)C)O[Si](c1ccccc1)(c1ccccc1)C(C)(C)C.CC(C)[C@H](CC[C@H](C)[C@@]1(C)CC[C@@H](CO[Si](c2ccccc2)(c2ccccc2)C(C)(C)C)C1(C)C)O[Si](c1ccccc1)(c1ccccc1)C(C)(C)C. The van der Waals surface area contributed by atoms with E-state index >= 15 is 0 Å². The maximum absolute atomic E-state index is 10.0. The first-order valence-corrected chi connectivity index (χ1v) is 40.4. The van der Waals surface area contributed by atoms with E-state index in [1.54, 1.807) is 0 Å². The fraction of sp³-hybridized carbons (Fsp3) is 0.561. The van der Waals surface area contributed by atoms with Crippen molar-refractivity contribution in [2.24, 2.45) is 57.2 Å². The minimum Gasteiger partial charge on any atom is -0.407 e. The van der Waals surface area contributed by atoms with Crippen molar-refractivity contribution in [1.29, 1.82) is 0 Å². The fourth-order valence-corrected chi connectivity index (χ4v) is 31.3. The van der Waals surface area contributed by atoms with Crippen LogP contribution >= 0.6 is 0 Å². The Morgan fingerprint density at radius 1 is 0.382 bits per heavy atom. The molecular weight excluding hydrogens is 1130 g/mol. The zero-order valence-corrected chi connectivity index (χ0v) is 62.7. The van der Waals surface area contributed by atoms with E-state index in [0.717, 1.165) is 38.7 Å². The lowest BCUT2D eigenvalue weighted by Crippen LogP contribution is -2.68. The number of rotatable bonds is 24. The molecule has 0 radical (unpaired) electrons. The third-order valence-corrected chi connectivity index (χ3v) is 39.2. The third kappa shape index (κ3) is 14.5. The molecule has 0 amide bonds.